The highest BCUT2D eigenvalue weighted by Gasteiger charge is 2.55. The highest BCUT2D eigenvalue weighted by molar-refractivity contribution is 7.14. The van der Waals surface area contributed by atoms with E-state index in [4.69, 9.17) is 68.6 Å². The number of aromatic amines is 1. The monoisotopic (exact) mass is 1200 g/mol. The minimum absolute atomic E-state index is 0.0137. The normalized spacial score (nSPS) is 33.2. The maximum Gasteiger partial charge on any atom is 0.243 e. The van der Waals surface area contributed by atoms with Gasteiger partial charge in [0.05, 0.1) is 42.4 Å². The first-order chi connectivity index (χ1) is 40.0. The summed E-state index contributed by atoms with van der Waals surface area (Å²) in [5.74, 6) is -3.36. The average molecular weight is 1200 g/mol. The number of benzene rings is 1. The van der Waals surface area contributed by atoms with Crippen LogP contribution in [0.4, 0.5) is 10.8 Å². The van der Waals surface area contributed by atoms with E-state index < -0.39 is 158 Å². The first kappa shape index (κ1) is 63.8. The van der Waals surface area contributed by atoms with Crippen LogP contribution in [0.15, 0.2) is 48.4 Å². The number of amides is 5. The van der Waals surface area contributed by atoms with Gasteiger partial charge in [-0.25, -0.2) is 14.6 Å². The van der Waals surface area contributed by atoms with Gasteiger partial charge in [0.2, 0.25) is 29.5 Å². The van der Waals surface area contributed by atoms with E-state index in [1.165, 1.54) is 41.7 Å². The van der Waals surface area contributed by atoms with Crippen LogP contribution in [-0.4, -0.2) is 232 Å². The molecule has 34 nitrogen and oxygen atoms in total. The van der Waals surface area contributed by atoms with E-state index in [1.54, 1.807) is 29.6 Å². The Labute approximate surface area is 482 Å². The molecule has 21 atom stereocenters. The van der Waals surface area contributed by atoms with Gasteiger partial charge in [0.1, 0.15) is 79.2 Å². The quantitative estimate of drug-likeness (QED) is 0.0310. The van der Waals surface area contributed by atoms with E-state index in [1.807, 2.05) is 0 Å². The average Bonchev–Trinajstić information content (AvgIpc) is 2.57. The zero-order valence-electron chi connectivity index (χ0n) is 45.3. The summed E-state index contributed by atoms with van der Waals surface area (Å²) < 4.78 is 37.9. The molecule has 84 heavy (non-hydrogen) atoms. The van der Waals surface area contributed by atoms with E-state index in [-0.39, 0.29) is 56.9 Å². The Balaban J connectivity index is 0.992. The Morgan fingerprint density at radius 3 is 2.04 bits per heavy atom. The molecule has 0 unspecified atom stereocenters. The van der Waals surface area contributed by atoms with Gasteiger partial charge in [-0.1, -0.05) is 17.3 Å². The molecule has 4 aromatic rings. The number of aromatic nitrogens is 6. The fraction of sp³-hybridized carbons (Fsp3) is 0.612. The first-order valence-electron chi connectivity index (χ1n) is 26.8. The number of nitrogens with one attached hydrogen (secondary N) is 5. The van der Waals surface area contributed by atoms with Gasteiger partial charge in [0, 0.05) is 92.5 Å². The Morgan fingerprint density at radius 1 is 0.762 bits per heavy atom. The van der Waals surface area contributed by atoms with Crippen molar-refractivity contribution in [1.82, 2.24) is 40.6 Å². The summed E-state index contributed by atoms with van der Waals surface area (Å²) in [6.07, 6.45) is -19.1. The minimum atomic E-state index is -1.80. The lowest BCUT2D eigenvalue weighted by molar-refractivity contribution is -0.306. The van der Waals surface area contributed by atoms with Crippen molar-refractivity contribution in [2.75, 3.05) is 23.7 Å². The SMILES string of the molecule is CC(=O)Nc1nc(-c2cccc(NC(=O)CCC(=O)N[C@@H](Cc3cn(C[C@H]4O[C@@H](O[C@@H]5[C@@H](O)[C@H](N)C[C@H](N)[C@H]5O[C@H]5O[C@H](CN)[C@@H](O)[C@H](O)[C@H]5N)[C@H](O)[C@@H]4O[C@H]4O[C@@H](CN)[C@@H](O)[C@H](O)[C@H]4N)nn3)C(=O)N[C@@H](Cc3cnc[nH]3)C(N)=O)c2)cs1. The minimum Gasteiger partial charge on any atom is -0.389 e. The van der Waals surface area contributed by atoms with E-state index >= 15 is 0 Å². The van der Waals surface area contributed by atoms with Gasteiger partial charge in [-0.2, -0.15) is 0 Å². The van der Waals surface area contributed by atoms with Crippen molar-refractivity contribution >= 4 is 51.7 Å². The van der Waals surface area contributed by atoms with Crippen molar-refractivity contribution in [2.45, 2.75) is 174 Å². The smallest absolute Gasteiger partial charge is 0.243 e. The third kappa shape index (κ3) is 15.4. The molecule has 25 N–H and O–H groups in total. The van der Waals surface area contributed by atoms with Crippen LogP contribution in [0.5, 0.6) is 0 Å². The van der Waals surface area contributed by atoms with Crippen LogP contribution in [0.25, 0.3) is 11.3 Å². The molecular formula is C49H73N17O17S. The van der Waals surface area contributed by atoms with E-state index in [0.717, 1.165) is 0 Å². The second-order valence-corrected chi connectivity index (χ2v) is 21.8. The zero-order valence-corrected chi connectivity index (χ0v) is 46.1. The Bertz CT molecular complexity index is 2850. The summed E-state index contributed by atoms with van der Waals surface area (Å²) >= 11 is 1.22. The highest BCUT2D eigenvalue weighted by atomic mass is 32.1. The Kier molecular flexibility index (Phi) is 21.5. The summed E-state index contributed by atoms with van der Waals surface area (Å²) in [5.41, 5.74) is 44.8. The molecule has 1 saturated carbocycles. The molecule has 8 rings (SSSR count). The first-order valence-corrected chi connectivity index (χ1v) is 27.7. The topological polar surface area (TPSA) is 565 Å². The number of H-pyrrole nitrogens is 1. The van der Waals surface area contributed by atoms with Crippen molar-refractivity contribution in [3.63, 3.8) is 0 Å². The Hall–Kier alpha value is -6.17. The molecule has 3 saturated heterocycles. The highest BCUT2D eigenvalue weighted by Crippen LogP contribution is 2.35. The second-order valence-electron chi connectivity index (χ2n) is 20.9. The van der Waals surface area contributed by atoms with Crippen LogP contribution in [0.1, 0.15) is 37.6 Å². The molecule has 6 heterocycles. The number of anilines is 2. The van der Waals surface area contributed by atoms with Crippen LogP contribution < -0.4 is 61.4 Å². The van der Waals surface area contributed by atoms with Crippen molar-refractivity contribution < 1.29 is 83.0 Å². The number of hydrogen-bond acceptors (Lipinski definition) is 28. The third-order valence-corrected chi connectivity index (χ3v) is 15.4. The fourth-order valence-corrected chi connectivity index (χ4v) is 10.8. The lowest BCUT2D eigenvalue weighted by Crippen LogP contribution is -2.68. The van der Waals surface area contributed by atoms with Gasteiger partial charge >= 0.3 is 0 Å². The van der Waals surface area contributed by atoms with Gasteiger partial charge < -0.3 is 125 Å². The predicted octanol–water partition coefficient (Wildman–Crippen LogP) is -8.13. The molecule has 4 aliphatic rings. The summed E-state index contributed by atoms with van der Waals surface area (Å²) in [7, 11) is 0. The molecule has 1 aliphatic carbocycles. The number of rotatable bonds is 24. The Morgan fingerprint density at radius 2 is 1.40 bits per heavy atom. The number of ether oxygens (including phenoxy) is 6. The fourth-order valence-electron chi connectivity index (χ4n) is 10.1. The lowest BCUT2D eigenvalue weighted by Gasteiger charge is -2.47. The standard InChI is InChI=1S/C49H73N17O17S/c1-18(67)59-49-63-27(16-84-49)19-3-2-4-20(7-19)60-31(68)5-6-32(69)61-26(45(77)62-25(44(56)76)8-21-13-57-17-58-21)9-22-14-66(65-64-22)15-30-42(82-47-34(55)39(74)37(72)29(12-51)79-47)40(75)48(80-30)83-43-35(70)23(52)10-24(53)41(43)81-46-33(54)38(73)36(71)28(11-50)78-46/h2-4,7,13-14,16-17,23-26,28-30,33-43,46-48,70-75H,5-6,8-12,15,50-55H2,1H3,(H2,56,76)(H,57,58)(H,60,68)(H,61,69)(H,62,77)(H,59,63,67)/t23-,24+,25+,26+,28-,29+,30-,33-,34-,35+,36-,37-,38-,39-,40-,41-,42-,43-,46-,47-,48+/m1/s1. The molecule has 4 fully saturated rings. The van der Waals surface area contributed by atoms with Crippen LogP contribution in [0, 0.1) is 0 Å². The number of primary amides is 1. The number of thiazole rings is 1. The van der Waals surface area contributed by atoms with Crippen molar-refractivity contribution in [3.8, 4) is 11.3 Å². The summed E-state index contributed by atoms with van der Waals surface area (Å²) in [6.45, 7) is 0.513. The molecule has 3 aromatic heterocycles. The van der Waals surface area contributed by atoms with Crippen LogP contribution in [0.3, 0.4) is 0 Å². The van der Waals surface area contributed by atoms with Gasteiger partial charge in [-0.3, -0.25) is 24.0 Å². The number of carbonyl (C=O) groups is 5. The predicted molar refractivity (Wildman–Crippen MR) is 290 cm³/mol. The van der Waals surface area contributed by atoms with Crippen molar-refractivity contribution in [3.05, 3.63) is 59.8 Å². The molecule has 5 amide bonds. The molecule has 35 heteroatoms. The molecule has 0 spiro atoms. The van der Waals surface area contributed by atoms with E-state index in [0.29, 0.717) is 27.8 Å². The zero-order chi connectivity index (χ0) is 60.7. The second kappa shape index (κ2) is 28.4. The molecule has 3 aliphatic heterocycles. The summed E-state index contributed by atoms with van der Waals surface area (Å²) in [4.78, 5) is 76.2. The molecular weight excluding hydrogens is 1130 g/mol. The van der Waals surface area contributed by atoms with Gasteiger partial charge in [-0.15, -0.1) is 16.4 Å². The van der Waals surface area contributed by atoms with Gasteiger partial charge in [0.25, 0.3) is 0 Å². The molecule has 1 aromatic carbocycles. The van der Waals surface area contributed by atoms with Crippen LogP contribution >= 0.6 is 11.3 Å². The maximum absolute atomic E-state index is 14.1. The lowest BCUT2D eigenvalue weighted by atomic mass is 9.84. The third-order valence-electron chi connectivity index (χ3n) is 14.7. The largest absolute Gasteiger partial charge is 0.389 e. The number of nitrogens with zero attached hydrogens (tertiary/aromatic N) is 5. The number of imidazole rings is 1. The maximum atomic E-state index is 14.1. The van der Waals surface area contributed by atoms with Gasteiger partial charge in [-0.05, 0) is 18.6 Å². The number of aliphatic hydroxyl groups is 6. The van der Waals surface area contributed by atoms with Crippen molar-refractivity contribution in [2.24, 2.45) is 40.1 Å². The molecule has 0 bridgehead atoms. The summed E-state index contributed by atoms with van der Waals surface area (Å²) in [5, 5.41) is 87.3. The van der Waals surface area contributed by atoms with E-state index in [2.05, 4.69) is 46.5 Å². The number of nitrogens with two attached hydrogens (primary N) is 7. The van der Waals surface area contributed by atoms with E-state index in [9.17, 15) is 54.6 Å². The van der Waals surface area contributed by atoms with Crippen LogP contribution in [-0.2, 0) is 71.8 Å². The summed E-state index contributed by atoms with van der Waals surface area (Å²) in [6, 6.07) is -0.742. The number of carbonyl (C=O) groups excluding carboxylic acids is 5. The molecule has 0 radical (unpaired) electrons. The number of aliphatic hydroxyl groups excluding tert-OH is 6. The van der Waals surface area contributed by atoms with Crippen molar-refractivity contribution in [1.29, 1.82) is 0 Å². The number of hydrogen-bond donors (Lipinski definition) is 18. The molecule has 462 valence electrons. The van der Waals surface area contributed by atoms with Gasteiger partial charge in [0.15, 0.2) is 24.0 Å². The van der Waals surface area contributed by atoms with Crippen LogP contribution in [0.2, 0.25) is 0 Å².